The van der Waals surface area contributed by atoms with Crippen molar-refractivity contribution >= 4 is 0 Å². The zero-order valence-electron chi connectivity index (χ0n) is 13.7. The van der Waals surface area contributed by atoms with Crippen molar-refractivity contribution in [3.05, 3.63) is 46.8 Å². The van der Waals surface area contributed by atoms with Crippen LogP contribution < -0.4 is 5.32 Å². The van der Waals surface area contributed by atoms with E-state index in [2.05, 4.69) is 44.1 Å². The van der Waals surface area contributed by atoms with Crippen LogP contribution in [0.25, 0.3) is 0 Å². The first-order valence-electron chi connectivity index (χ1n) is 7.48. The predicted molar refractivity (Wildman–Crippen MR) is 84.0 cm³/mol. The summed E-state index contributed by atoms with van der Waals surface area (Å²) in [5, 5.41) is 3.39. The average Bonchev–Trinajstić information content (AvgIpc) is 2.94. The molecular weight excluding hydrogens is 264 g/mol. The lowest BCUT2D eigenvalue weighted by Crippen LogP contribution is -2.21. The topological polar surface area (TPSA) is 41.6 Å². The quantitative estimate of drug-likeness (QED) is 0.845. The van der Waals surface area contributed by atoms with Crippen molar-refractivity contribution in [2.75, 3.05) is 7.05 Å². The standard InChI is InChI=1S/C17H26N2O2/c1-12(2)18-9-17-13(3)8-16(21-17)11-19(5)10-15-6-7-20-14(15)4/h6-8,12,18H,9-11H2,1-5H3. The van der Waals surface area contributed by atoms with Crippen LogP contribution in [0.3, 0.4) is 0 Å². The molecule has 21 heavy (non-hydrogen) atoms. The number of rotatable bonds is 7. The molecule has 0 atom stereocenters. The van der Waals surface area contributed by atoms with Crippen LogP contribution in [0.2, 0.25) is 0 Å². The molecule has 0 fully saturated rings. The second-order valence-electron chi connectivity index (χ2n) is 6.03. The number of nitrogens with one attached hydrogen (secondary N) is 1. The fourth-order valence-corrected chi connectivity index (χ4v) is 2.33. The Labute approximate surface area is 127 Å². The van der Waals surface area contributed by atoms with Gasteiger partial charge in [-0.15, -0.1) is 0 Å². The molecule has 4 heteroatoms. The molecule has 2 aromatic heterocycles. The van der Waals surface area contributed by atoms with E-state index in [1.807, 2.05) is 13.0 Å². The maximum absolute atomic E-state index is 5.96. The summed E-state index contributed by atoms with van der Waals surface area (Å²) in [6, 6.07) is 4.62. The van der Waals surface area contributed by atoms with Gasteiger partial charge in [0.2, 0.25) is 0 Å². The molecule has 0 aliphatic carbocycles. The molecule has 0 amide bonds. The van der Waals surface area contributed by atoms with Crippen molar-refractivity contribution in [3.63, 3.8) is 0 Å². The van der Waals surface area contributed by atoms with E-state index >= 15 is 0 Å². The van der Waals surface area contributed by atoms with Gasteiger partial charge in [-0.25, -0.2) is 0 Å². The second kappa shape index (κ2) is 6.96. The number of aryl methyl sites for hydroxylation is 2. The van der Waals surface area contributed by atoms with Gasteiger partial charge in [-0.2, -0.15) is 0 Å². The van der Waals surface area contributed by atoms with Gasteiger partial charge in [-0.3, -0.25) is 4.90 Å². The fraction of sp³-hybridized carbons (Fsp3) is 0.529. The molecule has 0 radical (unpaired) electrons. The summed E-state index contributed by atoms with van der Waals surface area (Å²) in [6.07, 6.45) is 1.74. The highest BCUT2D eigenvalue weighted by molar-refractivity contribution is 5.20. The van der Waals surface area contributed by atoms with Gasteiger partial charge in [0.05, 0.1) is 19.4 Å². The zero-order valence-corrected chi connectivity index (χ0v) is 13.7. The summed E-state index contributed by atoms with van der Waals surface area (Å²) in [5.41, 5.74) is 2.44. The molecule has 2 aromatic rings. The largest absolute Gasteiger partial charge is 0.469 e. The van der Waals surface area contributed by atoms with Crippen LogP contribution in [0.1, 0.15) is 42.3 Å². The minimum atomic E-state index is 0.463. The second-order valence-corrected chi connectivity index (χ2v) is 6.03. The molecule has 0 saturated carbocycles. The number of furan rings is 2. The summed E-state index contributed by atoms with van der Waals surface area (Å²) in [4.78, 5) is 2.23. The van der Waals surface area contributed by atoms with Crippen LogP contribution in [0, 0.1) is 13.8 Å². The van der Waals surface area contributed by atoms with Gasteiger partial charge in [-0.1, -0.05) is 13.8 Å². The van der Waals surface area contributed by atoms with E-state index in [1.54, 1.807) is 6.26 Å². The lowest BCUT2D eigenvalue weighted by molar-refractivity contribution is 0.280. The molecule has 0 aliphatic rings. The Bertz CT molecular complexity index is 569. The number of hydrogen-bond donors (Lipinski definition) is 1. The molecule has 4 nitrogen and oxygen atoms in total. The lowest BCUT2D eigenvalue weighted by Gasteiger charge is -2.14. The van der Waals surface area contributed by atoms with Gasteiger partial charge >= 0.3 is 0 Å². The fourth-order valence-electron chi connectivity index (χ4n) is 2.33. The first-order chi connectivity index (χ1) is 9.95. The van der Waals surface area contributed by atoms with Crippen LogP contribution in [0.15, 0.2) is 27.2 Å². The van der Waals surface area contributed by atoms with Gasteiger partial charge in [0.15, 0.2) is 0 Å². The van der Waals surface area contributed by atoms with Crippen LogP contribution in [0.5, 0.6) is 0 Å². The van der Waals surface area contributed by atoms with Crippen molar-refractivity contribution in [3.8, 4) is 0 Å². The van der Waals surface area contributed by atoms with Crippen molar-refractivity contribution in [1.82, 2.24) is 10.2 Å². The molecule has 2 rings (SSSR count). The van der Waals surface area contributed by atoms with E-state index in [4.69, 9.17) is 8.83 Å². The normalized spacial score (nSPS) is 11.8. The Balaban J connectivity index is 1.93. The van der Waals surface area contributed by atoms with Crippen LogP contribution in [0.4, 0.5) is 0 Å². The molecule has 2 heterocycles. The molecule has 0 bridgehead atoms. The lowest BCUT2D eigenvalue weighted by atomic mass is 10.2. The SMILES string of the molecule is Cc1cc(CN(C)Cc2ccoc2C)oc1CNC(C)C. The maximum atomic E-state index is 5.96. The highest BCUT2D eigenvalue weighted by atomic mass is 16.3. The molecule has 116 valence electrons. The highest BCUT2D eigenvalue weighted by Crippen LogP contribution is 2.18. The number of hydrogen-bond acceptors (Lipinski definition) is 4. The minimum Gasteiger partial charge on any atom is -0.469 e. The Morgan fingerprint density at radius 1 is 1.24 bits per heavy atom. The third-order valence-electron chi connectivity index (χ3n) is 3.57. The van der Waals surface area contributed by atoms with Crippen LogP contribution in [-0.2, 0) is 19.6 Å². The van der Waals surface area contributed by atoms with E-state index in [9.17, 15) is 0 Å². The molecule has 0 aliphatic heterocycles. The Morgan fingerprint density at radius 3 is 2.62 bits per heavy atom. The summed E-state index contributed by atoms with van der Waals surface area (Å²) >= 11 is 0. The molecule has 0 spiro atoms. The molecule has 0 saturated heterocycles. The highest BCUT2D eigenvalue weighted by Gasteiger charge is 2.11. The summed E-state index contributed by atoms with van der Waals surface area (Å²) < 4.78 is 11.3. The zero-order chi connectivity index (χ0) is 15.4. The van der Waals surface area contributed by atoms with E-state index in [1.165, 1.54) is 11.1 Å². The average molecular weight is 290 g/mol. The van der Waals surface area contributed by atoms with E-state index < -0.39 is 0 Å². The van der Waals surface area contributed by atoms with Gasteiger partial charge in [0.1, 0.15) is 17.3 Å². The third kappa shape index (κ3) is 4.48. The summed E-state index contributed by atoms with van der Waals surface area (Å²) in [5.74, 6) is 3.03. The molecule has 1 N–H and O–H groups in total. The van der Waals surface area contributed by atoms with Gasteiger partial charge in [0, 0.05) is 18.2 Å². The van der Waals surface area contributed by atoms with E-state index in [0.717, 1.165) is 36.9 Å². The molecule has 0 aromatic carbocycles. The molecule has 0 unspecified atom stereocenters. The van der Waals surface area contributed by atoms with E-state index in [0.29, 0.717) is 6.04 Å². The monoisotopic (exact) mass is 290 g/mol. The van der Waals surface area contributed by atoms with Gasteiger partial charge in [0.25, 0.3) is 0 Å². The predicted octanol–water partition coefficient (Wildman–Crippen LogP) is 3.62. The Hall–Kier alpha value is -1.52. The minimum absolute atomic E-state index is 0.463. The van der Waals surface area contributed by atoms with Crippen molar-refractivity contribution < 1.29 is 8.83 Å². The van der Waals surface area contributed by atoms with E-state index in [-0.39, 0.29) is 0 Å². The Morgan fingerprint density at radius 2 is 2.00 bits per heavy atom. The van der Waals surface area contributed by atoms with Crippen molar-refractivity contribution in [2.24, 2.45) is 0 Å². The first kappa shape index (κ1) is 15.9. The Kier molecular flexibility index (Phi) is 5.26. The first-order valence-corrected chi connectivity index (χ1v) is 7.48. The van der Waals surface area contributed by atoms with Crippen LogP contribution in [-0.4, -0.2) is 18.0 Å². The van der Waals surface area contributed by atoms with Crippen molar-refractivity contribution in [2.45, 2.75) is 53.4 Å². The van der Waals surface area contributed by atoms with Gasteiger partial charge < -0.3 is 14.2 Å². The van der Waals surface area contributed by atoms with Crippen LogP contribution >= 0.6 is 0 Å². The molecular formula is C17H26N2O2. The number of nitrogens with zero attached hydrogens (tertiary/aromatic N) is 1. The smallest absolute Gasteiger partial charge is 0.120 e. The summed E-state index contributed by atoms with van der Waals surface area (Å²) in [6.45, 7) is 10.8. The van der Waals surface area contributed by atoms with Gasteiger partial charge in [-0.05, 0) is 38.6 Å². The van der Waals surface area contributed by atoms with Crippen molar-refractivity contribution in [1.29, 1.82) is 0 Å². The maximum Gasteiger partial charge on any atom is 0.120 e. The third-order valence-corrected chi connectivity index (χ3v) is 3.57. The summed E-state index contributed by atoms with van der Waals surface area (Å²) in [7, 11) is 2.09.